The Morgan fingerprint density at radius 3 is 2.09 bits per heavy atom. The molecule has 1 aliphatic rings. The van der Waals surface area contributed by atoms with Crippen molar-refractivity contribution in [2.75, 3.05) is 0 Å². The molecule has 0 fully saturated rings. The van der Waals surface area contributed by atoms with Crippen LogP contribution < -0.4 is 9.13 Å². The lowest BCUT2D eigenvalue weighted by atomic mass is 9.83. The molecule has 2 nitrogen and oxygen atoms in total. The second-order valence-corrected chi connectivity index (χ2v) is 10.6. The summed E-state index contributed by atoms with van der Waals surface area (Å²) < 4.78 is 4.97. The highest BCUT2D eigenvalue weighted by atomic mass is 15.0. The molecule has 2 heteroatoms. The molecule has 3 aromatic rings. The lowest BCUT2D eigenvalue weighted by molar-refractivity contribution is -0.697. The van der Waals surface area contributed by atoms with Crippen LogP contribution in [0.3, 0.4) is 0 Å². The number of unbranched alkanes of at least 4 members (excludes halogenated alkanes) is 8. The van der Waals surface area contributed by atoms with Crippen molar-refractivity contribution in [3.8, 4) is 11.1 Å². The van der Waals surface area contributed by atoms with E-state index in [4.69, 9.17) is 0 Å². The Morgan fingerprint density at radius 2 is 1.36 bits per heavy atom. The van der Waals surface area contributed by atoms with Crippen LogP contribution in [0.4, 0.5) is 0 Å². The van der Waals surface area contributed by atoms with Crippen molar-refractivity contribution < 1.29 is 9.13 Å². The molecule has 0 spiro atoms. The molecule has 0 saturated heterocycles. The third-order valence-electron chi connectivity index (χ3n) is 7.69. The van der Waals surface area contributed by atoms with E-state index in [0.717, 1.165) is 13.1 Å². The van der Waals surface area contributed by atoms with Crippen molar-refractivity contribution >= 4 is 10.9 Å². The lowest BCUT2D eigenvalue weighted by Gasteiger charge is -2.19. The van der Waals surface area contributed by atoms with Crippen LogP contribution in [0.1, 0.15) is 103 Å². The molecule has 2 aromatic heterocycles. The molecular formula is C31H44N2+2. The summed E-state index contributed by atoms with van der Waals surface area (Å²) in [6, 6.07) is 11.4. The predicted octanol–water partition coefficient (Wildman–Crippen LogP) is 7.66. The zero-order valence-electron chi connectivity index (χ0n) is 21.5. The molecule has 2 heterocycles. The summed E-state index contributed by atoms with van der Waals surface area (Å²) in [4.78, 5) is 0. The molecule has 1 aliphatic carbocycles. The molecule has 33 heavy (non-hydrogen) atoms. The van der Waals surface area contributed by atoms with Gasteiger partial charge in [-0.2, -0.15) is 4.57 Å². The number of benzene rings is 1. The first-order valence-electron chi connectivity index (χ1n) is 13.6. The summed E-state index contributed by atoms with van der Waals surface area (Å²) in [5.41, 5.74) is 7.28. The lowest BCUT2D eigenvalue weighted by Crippen LogP contribution is -2.37. The molecule has 4 rings (SSSR count). The smallest absolute Gasteiger partial charge is 0.205 e. The predicted molar refractivity (Wildman–Crippen MR) is 139 cm³/mol. The quantitative estimate of drug-likeness (QED) is 0.200. The highest BCUT2D eigenvalue weighted by molar-refractivity contribution is 5.98. The summed E-state index contributed by atoms with van der Waals surface area (Å²) >= 11 is 0. The average Bonchev–Trinajstić information content (AvgIpc) is 3.05. The second-order valence-electron chi connectivity index (χ2n) is 10.6. The normalized spacial score (nSPS) is 13.9. The van der Waals surface area contributed by atoms with Gasteiger partial charge in [0.1, 0.15) is 13.1 Å². The van der Waals surface area contributed by atoms with E-state index < -0.39 is 0 Å². The third-order valence-corrected chi connectivity index (χ3v) is 7.69. The molecule has 0 amide bonds. The van der Waals surface area contributed by atoms with E-state index in [0.29, 0.717) is 0 Å². The molecule has 1 aromatic carbocycles. The first-order chi connectivity index (χ1) is 16.1. The van der Waals surface area contributed by atoms with E-state index in [-0.39, 0.29) is 5.41 Å². The van der Waals surface area contributed by atoms with Crippen LogP contribution in [0.15, 0.2) is 48.9 Å². The van der Waals surface area contributed by atoms with Crippen molar-refractivity contribution in [3.63, 3.8) is 0 Å². The van der Waals surface area contributed by atoms with Gasteiger partial charge in [0.05, 0.1) is 5.39 Å². The Morgan fingerprint density at radius 1 is 0.697 bits per heavy atom. The summed E-state index contributed by atoms with van der Waals surface area (Å²) in [6.07, 6.45) is 20.5. The molecule has 0 aliphatic heterocycles. The first-order valence-corrected chi connectivity index (χ1v) is 13.6. The Hall–Kier alpha value is -2.22. The van der Waals surface area contributed by atoms with Gasteiger partial charge in [0, 0.05) is 47.1 Å². The average molecular weight is 445 g/mol. The second kappa shape index (κ2) is 10.8. The van der Waals surface area contributed by atoms with E-state index in [1.807, 2.05) is 0 Å². The zero-order valence-corrected chi connectivity index (χ0v) is 21.5. The van der Waals surface area contributed by atoms with Crippen molar-refractivity contribution in [1.82, 2.24) is 0 Å². The minimum atomic E-state index is 0.0316. The first kappa shape index (κ1) is 23.9. The fourth-order valence-electron chi connectivity index (χ4n) is 5.64. The van der Waals surface area contributed by atoms with Crippen molar-refractivity contribution in [1.29, 1.82) is 0 Å². The van der Waals surface area contributed by atoms with Gasteiger partial charge in [-0.15, -0.1) is 0 Å². The van der Waals surface area contributed by atoms with Gasteiger partial charge in [0.2, 0.25) is 5.52 Å². The molecule has 0 bridgehead atoms. The minimum absolute atomic E-state index is 0.0316. The van der Waals surface area contributed by atoms with Crippen molar-refractivity contribution in [2.45, 2.75) is 110 Å². The number of hydrogen-bond donors (Lipinski definition) is 0. The van der Waals surface area contributed by atoms with E-state index >= 15 is 0 Å². The number of aromatic nitrogens is 2. The Labute approximate surface area is 201 Å². The van der Waals surface area contributed by atoms with Crippen LogP contribution in [-0.2, 0) is 18.5 Å². The summed E-state index contributed by atoms with van der Waals surface area (Å²) in [7, 11) is 0. The van der Waals surface area contributed by atoms with Crippen LogP contribution in [0, 0.1) is 0 Å². The summed E-state index contributed by atoms with van der Waals surface area (Å²) in [6.45, 7) is 11.7. The van der Waals surface area contributed by atoms with Crippen LogP contribution in [-0.4, -0.2) is 0 Å². The standard InChI is InChI=1S/C31H44N2/c1-5-7-9-11-15-20-32-22-19-25-27(23-32)31(3,4)28-24-33(21-16-12-10-8-6-2)29-18-14-13-17-26(29)30(25)28/h13-14,17-19,22-24H,5-12,15-16,20-21H2,1-4H3/q+2. The number of para-hydroxylation sites is 1. The van der Waals surface area contributed by atoms with Crippen LogP contribution in [0.25, 0.3) is 22.0 Å². The fourth-order valence-corrected chi connectivity index (χ4v) is 5.64. The van der Waals surface area contributed by atoms with Gasteiger partial charge in [-0.1, -0.05) is 78.4 Å². The van der Waals surface area contributed by atoms with Crippen LogP contribution >= 0.6 is 0 Å². The fraction of sp³-hybridized carbons (Fsp3) is 0.548. The molecule has 0 unspecified atom stereocenters. The van der Waals surface area contributed by atoms with Gasteiger partial charge in [0.25, 0.3) is 0 Å². The molecule has 176 valence electrons. The maximum Gasteiger partial charge on any atom is 0.213 e. The highest BCUT2D eigenvalue weighted by Crippen LogP contribution is 2.49. The zero-order chi connectivity index (χ0) is 23.3. The van der Waals surface area contributed by atoms with Gasteiger partial charge < -0.3 is 0 Å². The monoisotopic (exact) mass is 444 g/mol. The molecule has 0 radical (unpaired) electrons. The number of rotatable bonds is 12. The third kappa shape index (κ3) is 5.00. The van der Waals surface area contributed by atoms with E-state index in [9.17, 15) is 0 Å². The van der Waals surface area contributed by atoms with Gasteiger partial charge in [-0.25, -0.2) is 4.57 Å². The molecular weight excluding hydrogens is 400 g/mol. The number of hydrogen-bond acceptors (Lipinski definition) is 0. The van der Waals surface area contributed by atoms with Crippen molar-refractivity contribution in [3.05, 3.63) is 60.0 Å². The summed E-state index contributed by atoms with van der Waals surface area (Å²) in [5, 5.41) is 1.41. The van der Waals surface area contributed by atoms with Gasteiger partial charge in [-0.05, 0) is 24.5 Å². The topological polar surface area (TPSA) is 7.76 Å². The Balaban J connectivity index is 1.64. The Bertz CT molecular complexity index is 1080. The number of nitrogens with zero attached hydrogens (tertiary/aromatic N) is 2. The highest BCUT2D eigenvalue weighted by Gasteiger charge is 2.41. The Kier molecular flexibility index (Phi) is 7.83. The van der Waals surface area contributed by atoms with Crippen LogP contribution in [0.5, 0.6) is 0 Å². The minimum Gasteiger partial charge on any atom is -0.205 e. The van der Waals surface area contributed by atoms with E-state index in [1.165, 1.54) is 97.4 Å². The van der Waals surface area contributed by atoms with E-state index in [1.54, 1.807) is 0 Å². The molecule has 0 atom stereocenters. The van der Waals surface area contributed by atoms with Gasteiger partial charge in [-0.3, -0.25) is 0 Å². The molecule has 0 saturated carbocycles. The maximum atomic E-state index is 2.54. The van der Waals surface area contributed by atoms with Gasteiger partial charge >= 0.3 is 0 Å². The number of pyridine rings is 2. The number of fused-ring (bicyclic) bond motifs is 5. The SMILES string of the molecule is CCCCCCC[n+]1ccc2c(c1)C(C)(C)c1c[n+](CCCCCCC)c3ccccc3c1-2. The van der Waals surface area contributed by atoms with Gasteiger partial charge in [0.15, 0.2) is 18.6 Å². The summed E-state index contributed by atoms with van der Waals surface area (Å²) in [5.74, 6) is 0. The number of aryl methyl sites for hydroxylation is 2. The van der Waals surface area contributed by atoms with Crippen LogP contribution in [0.2, 0.25) is 0 Å². The maximum absolute atomic E-state index is 2.54. The largest absolute Gasteiger partial charge is 0.213 e. The molecule has 0 N–H and O–H groups in total. The van der Waals surface area contributed by atoms with Crippen molar-refractivity contribution in [2.24, 2.45) is 0 Å². The van der Waals surface area contributed by atoms with E-state index in [2.05, 4.69) is 85.8 Å².